The van der Waals surface area contributed by atoms with Crippen molar-refractivity contribution in [3.63, 3.8) is 0 Å². The predicted octanol–water partition coefficient (Wildman–Crippen LogP) is -3.05. The zero-order valence-corrected chi connectivity index (χ0v) is 9.71. The molecule has 1 aliphatic rings. The molecule has 0 aromatic carbocycles. The van der Waals surface area contributed by atoms with Crippen molar-refractivity contribution < 1.29 is 29.9 Å². The van der Waals surface area contributed by atoms with E-state index in [9.17, 15) is 20.1 Å². The lowest BCUT2D eigenvalue weighted by Crippen LogP contribution is -2.60. The van der Waals surface area contributed by atoms with E-state index in [0.29, 0.717) is 0 Å². The van der Waals surface area contributed by atoms with E-state index < -0.39 is 42.9 Å². The van der Waals surface area contributed by atoms with Crippen molar-refractivity contribution in [2.24, 2.45) is 0 Å². The summed E-state index contributed by atoms with van der Waals surface area (Å²) in [5.74, 6) is -0.0380. The number of aliphatic hydroxyl groups excluding tert-OH is 4. The number of rotatable bonds is 3. The van der Waals surface area contributed by atoms with Gasteiger partial charge in [-0.15, -0.1) is 5.10 Å². The van der Waals surface area contributed by atoms with Gasteiger partial charge in [0.05, 0.1) is 6.61 Å². The van der Waals surface area contributed by atoms with Crippen LogP contribution in [0.1, 0.15) is 0 Å². The maximum atomic E-state index is 10.8. The number of aromatic amines is 1. The van der Waals surface area contributed by atoms with Crippen molar-refractivity contribution in [1.82, 2.24) is 10.2 Å². The maximum Gasteiger partial charge on any atom is 0.264 e. The van der Waals surface area contributed by atoms with Gasteiger partial charge in [-0.05, 0) is 0 Å². The van der Waals surface area contributed by atoms with Crippen LogP contribution in [0.15, 0.2) is 16.9 Å². The van der Waals surface area contributed by atoms with E-state index in [0.717, 1.165) is 6.07 Å². The van der Waals surface area contributed by atoms with E-state index in [1.807, 2.05) is 0 Å². The summed E-state index contributed by atoms with van der Waals surface area (Å²) in [6, 6.07) is 2.41. The Labute approximate surface area is 107 Å². The first-order valence-corrected chi connectivity index (χ1v) is 5.56. The SMILES string of the molecule is O=c1ccc(O[C@@H]2O[C@H](CO)[C@@H](O)[C@H](O)[C@H]2O)n[nH]1. The number of nitrogens with one attached hydrogen (secondary N) is 1. The summed E-state index contributed by atoms with van der Waals surface area (Å²) in [6.07, 6.45) is -6.89. The van der Waals surface area contributed by atoms with Gasteiger partial charge in [0.1, 0.15) is 24.4 Å². The molecule has 2 heterocycles. The Morgan fingerprint density at radius 2 is 2.00 bits per heavy atom. The number of nitrogens with zero attached hydrogens (tertiary/aromatic N) is 1. The summed E-state index contributed by atoms with van der Waals surface area (Å²) in [5.41, 5.74) is -0.429. The molecular weight excluding hydrogens is 260 g/mol. The molecule has 9 heteroatoms. The molecule has 1 aliphatic heterocycles. The van der Waals surface area contributed by atoms with E-state index in [1.54, 1.807) is 0 Å². The molecule has 0 amide bonds. The quantitative estimate of drug-likeness (QED) is 0.391. The van der Waals surface area contributed by atoms with E-state index in [-0.39, 0.29) is 5.88 Å². The van der Waals surface area contributed by atoms with Crippen LogP contribution in [0.2, 0.25) is 0 Å². The highest BCUT2D eigenvalue weighted by atomic mass is 16.7. The number of aromatic nitrogens is 2. The summed E-state index contributed by atoms with van der Waals surface area (Å²) in [4.78, 5) is 10.8. The first kappa shape index (κ1) is 13.9. The second kappa shape index (κ2) is 5.63. The average Bonchev–Trinajstić information content (AvgIpc) is 2.42. The van der Waals surface area contributed by atoms with Gasteiger partial charge in [0.15, 0.2) is 0 Å². The van der Waals surface area contributed by atoms with Crippen molar-refractivity contribution >= 4 is 0 Å². The highest BCUT2D eigenvalue weighted by molar-refractivity contribution is 5.06. The molecule has 0 saturated carbocycles. The molecule has 9 nitrogen and oxygen atoms in total. The van der Waals surface area contributed by atoms with Crippen molar-refractivity contribution in [2.75, 3.05) is 6.61 Å². The molecule has 19 heavy (non-hydrogen) atoms. The van der Waals surface area contributed by atoms with Gasteiger partial charge >= 0.3 is 0 Å². The molecule has 1 aromatic heterocycles. The predicted molar refractivity (Wildman–Crippen MR) is 59.3 cm³/mol. The zero-order valence-electron chi connectivity index (χ0n) is 9.71. The fourth-order valence-electron chi connectivity index (χ4n) is 1.68. The van der Waals surface area contributed by atoms with Crippen LogP contribution in [0.3, 0.4) is 0 Å². The molecule has 0 aliphatic carbocycles. The molecule has 1 saturated heterocycles. The van der Waals surface area contributed by atoms with Gasteiger partial charge in [0.2, 0.25) is 12.2 Å². The monoisotopic (exact) mass is 274 g/mol. The molecule has 1 fully saturated rings. The van der Waals surface area contributed by atoms with Gasteiger partial charge in [-0.2, -0.15) is 0 Å². The van der Waals surface area contributed by atoms with Crippen LogP contribution >= 0.6 is 0 Å². The first-order chi connectivity index (χ1) is 9.02. The smallest absolute Gasteiger partial charge is 0.264 e. The van der Waals surface area contributed by atoms with Crippen LogP contribution in [0.4, 0.5) is 0 Å². The van der Waals surface area contributed by atoms with E-state index >= 15 is 0 Å². The molecule has 2 rings (SSSR count). The molecule has 0 unspecified atom stereocenters. The number of H-pyrrole nitrogens is 1. The van der Waals surface area contributed by atoms with Gasteiger partial charge in [0, 0.05) is 12.1 Å². The van der Waals surface area contributed by atoms with Crippen molar-refractivity contribution in [2.45, 2.75) is 30.7 Å². The third-order valence-corrected chi connectivity index (χ3v) is 2.74. The standard InChI is InChI=1S/C10H14N2O7/c13-3-4-7(15)8(16)9(17)10(18-4)19-6-2-1-5(14)11-12-6/h1-2,4,7-10,13,15-17H,3H2,(H,11,14)/t4-,7-,8+,9-,10+/m1/s1. The normalized spacial score (nSPS) is 35.1. The Balaban J connectivity index is 2.10. The summed E-state index contributed by atoms with van der Waals surface area (Å²) in [7, 11) is 0. The molecule has 0 radical (unpaired) electrons. The highest BCUT2D eigenvalue weighted by Crippen LogP contribution is 2.22. The van der Waals surface area contributed by atoms with E-state index in [2.05, 4.69) is 10.2 Å². The summed E-state index contributed by atoms with van der Waals surface area (Å²) < 4.78 is 10.2. The number of aliphatic hydroxyl groups is 4. The molecule has 0 bridgehead atoms. The van der Waals surface area contributed by atoms with Crippen LogP contribution in [-0.4, -0.2) is 67.9 Å². The van der Waals surface area contributed by atoms with Crippen molar-refractivity contribution in [1.29, 1.82) is 0 Å². The highest BCUT2D eigenvalue weighted by Gasteiger charge is 2.44. The number of hydrogen-bond acceptors (Lipinski definition) is 8. The van der Waals surface area contributed by atoms with Gasteiger partial charge in [0.25, 0.3) is 5.56 Å². The fraction of sp³-hybridized carbons (Fsp3) is 0.600. The lowest BCUT2D eigenvalue weighted by Gasteiger charge is -2.39. The third-order valence-electron chi connectivity index (χ3n) is 2.74. The first-order valence-electron chi connectivity index (χ1n) is 5.56. The second-order valence-corrected chi connectivity index (χ2v) is 4.07. The number of hydrogen-bond donors (Lipinski definition) is 5. The number of ether oxygens (including phenoxy) is 2. The molecule has 106 valence electrons. The Bertz CT molecular complexity index is 457. The molecular formula is C10H14N2O7. The Morgan fingerprint density at radius 3 is 2.58 bits per heavy atom. The molecule has 5 atom stereocenters. The van der Waals surface area contributed by atoms with Crippen LogP contribution in [0, 0.1) is 0 Å². The fourth-order valence-corrected chi connectivity index (χ4v) is 1.68. The van der Waals surface area contributed by atoms with Crippen LogP contribution in [0.25, 0.3) is 0 Å². The minimum absolute atomic E-state index is 0.0380. The summed E-state index contributed by atoms with van der Waals surface area (Å²) >= 11 is 0. The maximum absolute atomic E-state index is 10.8. The molecule has 1 aromatic rings. The summed E-state index contributed by atoms with van der Waals surface area (Å²) in [5, 5.41) is 43.5. The van der Waals surface area contributed by atoms with Crippen molar-refractivity contribution in [3.05, 3.63) is 22.5 Å². The van der Waals surface area contributed by atoms with Gasteiger partial charge < -0.3 is 29.9 Å². The van der Waals surface area contributed by atoms with E-state index in [1.165, 1.54) is 6.07 Å². The van der Waals surface area contributed by atoms with Crippen LogP contribution in [-0.2, 0) is 4.74 Å². The lowest BCUT2D eigenvalue weighted by atomic mass is 9.99. The largest absolute Gasteiger partial charge is 0.444 e. The van der Waals surface area contributed by atoms with Gasteiger partial charge in [-0.3, -0.25) is 4.79 Å². The lowest BCUT2D eigenvalue weighted by molar-refractivity contribution is -0.278. The van der Waals surface area contributed by atoms with Gasteiger partial charge in [-0.25, -0.2) is 5.10 Å². The molecule has 0 spiro atoms. The third kappa shape index (κ3) is 2.91. The topological polar surface area (TPSA) is 145 Å². The summed E-state index contributed by atoms with van der Waals surface area (Å²) in [6.45, 7) is -0.552. The zero-order chi connectivity index (χ0) is 14.0. The average molecular weight is 274 g/mol. The minimum atomic E-state index is -1.53. The minimum Gasteiger partial charge on any atom is -0.444 e. The Kier molecular flexibility index (Phi) is 4.12. The Morgan fingerprint density at radius 1 is 1.26 bits per heavy atom. The molecule has 5 N–H and O–H groups in total. The van der Waals surface area contributed by atoms with Crippen molar-refractivity contribution in [3.8, 4) is 5.88 Å². The second-order valence-electron chi connectivity index (χ2n) is 4.07. The van der Waals surface area contributed by atoms with Gasteiger partial charge in [-0.1, -0.05) is 0 Å². The Hall–Kier alpha value is -1.52. The van der Waals surface area contributed by atoms with Crippen LogP contribution in [0.5, 0.6) is 5.88 Å². The van der Waals surface area contributed by atoms with E-state index in [4.69, 9.17) is 14.6 Å². The van der Waals surface area contributed by atoms with Crippen LogP contribution < -0.4 is 10.3 Å².